The number of aryl methyl sites for hydroxylation is 1. The monoisotopic (exact) mass is 241 g/mol. The van der Waals surface area contributed by atoms with E-state index in [1.807, 2.05) is 24.3 Å². The van der Waals surface area contributed by atoms with Crippen molar-refractivity contribution in [1.29, 1.82) is 0 Å². The maximum atomic E-state index is 10.4. The summed E-state index contributed by atoms with van der Waals surface area (Å²) in [5, 5.41) is 6.81. The minimum absolute atomic E-state index is 0.280. The van der Waals surface area contributed by atoms with E-state index in [-0.39, 0.29) is 12.2 Å². The zero-order valence-corrected chi connectivity index (χ0v) is 9.27. The fourth-order valence-corrected chi connectivity index (χ4v) is 2.01. The number of benzene rings is 1. The molecule has 0 atom stereocenters. The van der Waals surface area contributed by atoms with Crippen molar-refractivity contribution < 1.29 is 17.7 Å². The Hall–Kier alpha value is -1.47. The highest BCUT2D eigenvalue weighted by Gasteiger charge is 2.10. The molecule has 0 radical (unpaired) electrons. The molecule has 1 aromatic carbocycles. The van der Waals surface area contributed by atoms with E-state index in [1.165, 1.54) is 0 Å². The quantitative estimate of drug-likeness (QED) is 0.592. The van der Waals surface area contributed by atoms with Crippen LogP contribution in [0.3, 0.4) is 0 Å². The van der Waals surface area contributed by atoms with Crippen molar-refractivity contribution >= 4 is 21.2 Å². The maximum Gasteiger partial charge on any atom is 0.248 e. The summed E-state index contributed by atoms with van der Waals surface area (Å²) in [5.74, 6) is -0.354. The van der Waals surface area contributed by atoms with Gasteiger partial charge in [-0.1, -0.05) is 17.3 Å². The lowest BCUT2D eigenvalue weighted by Crippen LogP contribution is -2.37. The van der Waals surface area contributed by atoms with E-state index < -0.39 is 10.1 Å². The van der Waals surface area contributed by atoms with Crippen LogP contribution in [-0.2, 0) is 16.7 Å². The van der Waals surface area contributed by atoms with Crippen LogP contribution < -0.4 is 4.68 Å². The second kappa shape index (κ2) is 4.18. The summed E-state index contributed by atoms with van der Waals surface area (Å²) in [6, 6.07) is 7.48. The van der Waals surface area contributed by atoms with Crippen molar-refractivity contribution in [2.45, 2.75) is 13.0 Å². The topological polar surface area (TPSA) is 89.8 Å². The van der Waals surface area contributed by atoms with Gasteiger partial charge in [-0.05, 0) is 12.1 Å². The van der Waals surface area contributed by atoms with E-state index in [1.54, 1.807) is 4.68 Å². The number of nitrogens with zero attached hydrogens (tertiary/aromatic N) is 2. The Kier molecular flexibility index (Phi) is 2.88. The zero-order valence-electron chi connectivity index (χ0n) is 8.46. The lowest BCUT2D eigenvalue weighted by atomic mass is 10.3. The van der Waals surface area contributed by atoms with Gasteiger partial charge in [0.05, 0.1) is 10.1 Å². The predicted octanol–water partition coefficient (Wildman–Crippen LogP) is -0.214. The zero-order chi connectivity index (χ0) is 11.6. The van der Waals surface area contributed by atoms with Crippen LogP contribution in [0, 0.1) is 0 Å². The first-order valence-corrected chi connectivity index (χ1v) is 6.40. The lowest BCUT2D eigenvalue weighted by Gasteiger charge is -2.04. The Morgan fingerprint density at radius 1 is 1.38 bits per heavy atom. The molecule has 0 saturated heterocycles. The van der Waals surface area contributed by atoms with Crippen LogP contribution in [0.5, 0.6) is 0 Å². The molecule has 0 unspecified atom stereocenters. The summed E-state index contributed by atoms with van der Waals surface area (Å²) in [7, 11) is -4.13. The Balaban J connectivity index is 2.10. The number of fused-ring (bicyclic) bond motifs is 1. The Bertz CT molecular complexity index is 591. The predicted molar refractivity (Wildman–Crippen MR) is 55.5 cm³/mol. The summed E-state index contributed by atoms with van der Waals surface area (Å²) in [5.41, 5.74) is 1.71. The molecule has 0 amide bonds. The standard InChI is InChI=1S/C9H11N3O3S/c13-16(14,15)7-3-6-12-9-5-2-1-4-8(9)10-11-12/h1-2,4-5H,3,6-7H2,(H,13,14,15). The van der Waals surface area contributed by atoms with Gasteiger partial charge < -0.3 is 4.55 Å². The van der Waals surface area contributed by atoms with Gasteiger partial charge in [-0.15, -0.1) is 0 Å². The summed E-state index contributed by atoms with van der Waals surface area (Å²) in [6.07, 6.45) is 0.280. The molecule has 0 bridgehead atoms. The number of aromatic nitrogens is 3. The molecular formula is C9H11N3O3S. The first-order chi connectivity index (χ1) is 7.56. The van der Waals surface area contributed by atoms with Crippen molar-refractivity contribution in [3.05, 3.63) is 24.3 Å². The van der Waals surface area contributed by atoms with Gasteiger partial charge in [-0.25, -0.2) is 8.42 Å². The van der Waals surface area contributed by atoms with Crippen LogP contribution >= 0.6 is 0 Å². The molecule has 2 rings (SSSR count). The van der Waals surface area contributed by atoms with Gasteiger partial charge in [0.1, 0.15) is 6.54 Å². The van der Waals surface area contributed by atoms with E-state index in [0.29, 0.717) is 6.54 Å². The molecule has 0 aliphatic heterocycles. The lowest BCUT2D eigenvalue weighted by molar-refractivity contribution is -0.730. The number of H-pyrrole nitrogens is 1. The van der Waals surface area contributed by atoms with E-state index >= 15 is 0 Å². The second-order valence-corrected chi connectivity index (χ2v) is 4.99. The molecule has 16 heavy (non-hydrogen) atoms. The summed E-state index contributed by atoms with van der Waals surface area (Å²) >= 11 is 0. The van der Waals surface area contributed by atoms with Crippen molar-refractivity contribution in [3.8, 4) is 0 Å². The van der Waals surface area contributed by atoms with Crippen LogP contribution in [0.15, 0.2) is 24.3 Å². The fraction of sp³-hybridized carbons (Fsp3) is 0.333. The molecule has 0 spiro atoms. The van der Waals surface area contributed by atoms with Gasteiger partial charge >= 0.3 is 0 Å². The van der Waals surface area contributed by atoms with Gasteiger partial charge in [0.2, 0.25) is 11.0 Å². The highest BCUT2D eigenvalue weighted by atomic mass is 32.2. The normalized spacial score (nSPS) is 12.1. The van der Waals surface area contributed by atoms with E-state index in [9.17, 15) is 13.0 Å². The first-order valence-electron chi connectivity index (χ1n) is 4.83. The third-order valence-electron chi connectivity index (χ3n) is 2.24. The average Bonchev–Trinajstić information content (AvgIpc) is 2.60. The number of nitrogens with one attached hydrogen (secondary N) is 1. The van der Waals surface area contributed by atoms with Crippen LogP contribution in [0.2, 0.25) is 0 Å². The maximum absolute atomic E-state index is 10.4. The van der Waals surface area contributed by atoms with Crippen LogP contribution in [0.25, 0.3) is 11.0 Å². The highest BCUT2D eigenvalue weighted by Crippen LogP contribution is 2.04. The molecule has 0 fully saturated rings. The van der Waals surface area contributed by atoms with Gasteiger partial charge in [-0.2, -0.15) is 4.68 Å². The van der Waals surface area contributed by atoms with Crippen LogP contribution in [-0.4, -0.2) is 29.0 Å². The van der Waals surface area contributed by atoms with E-state index in [2.05, 4.69) is 10.3 Å². The van der Waals surface area contributed by atoms with Crippen molar-refractivity contribution in [2.24, 2.45) is 0 Å². The fourth-order valence-electron chi connectivity index (χ4n) is 1.52. The molecule has 6 nitrogen and oxygen atoms in total. The molecule has 0 aliphatic rings. The van der Waals surface area contributed by atoms with Crippen molar-refractivity contribution in [1.82, 2.24) is 10.3 Å². The average molecular weight is 241 g/mol. The molecule has 2 aromatic rings. The second-order valence-electron chi connectivity index (χ2n) is 3.47. The summed E-state index contributed by atoms with van der Waals surface area (Å²) < 4.78 is 33.0. The van der Waals surface area contributed by atoms with Crippen LogP contribution in [0.4, 0.5) is 0 Å². The molecule has 0 aliphatic carbocycles. The summed E-state index contributed by atoms with van der Waals surface area (Å²) in [6.45, 7) is 0.433. The highest BCUT2D eigenvalue weighted by molar-refractivity contribution is 7.85. The van der Waals surface area contributed by atoms with Crippen LogP contribution in [0.1, 0.15) is 6.42 Å². The van der Waals surface area contributed by atoms with Crippen molar-refractivity contribution in [3.63, 3.8) is 0 Å². The largest absolute Gasteiger partial charge is 0.748 e. The van der Waals surface area contributed by atoms with E-state index in [4.69, 9.17) is 0 Å². The summed E-state index contributed by atoms with van der Waals surface area (Å²) in [4.78, 5) is 0. The number of rotatable bonds is 4. The Morgan fingerprint density at radius 3 is 2.88 bits per heavy atom. The van der Waals surface area contributed by atoms with Gasteiger partial charge in [0.25, 0.3) is 0 Å². The SMILES string of the molecule is O=S(=O)([O-])CCC[n+]1[nH]nc2ccccc21. The third kappa shape index (κ3) is 2.56. The molecule has 1 aromatic heterocycles. The number of hydrogen-bond acceptors (Lipinski definition) is 4. The first kappa shape index (κ1) is 11.0. The molecule has 86 valence electrons. The van der Waals surface area contributed by atoms with E-state index in [0.717, 1.165) is 11.0 Å². The smallest absolute Gasteiger partial charge is 0.248 e. The van der Waals surface area contributed by atoms with Gasteiger partial charge in [0, 0.05) is 17.3 Å². The molecular weight excluding hydrogens is 230 g/mol. The van der Waals surface area contributed by atoms with Gasteiger partial charge in [-0.3, -0.25) is 0 Å². The Labute approximate surface area is 92.6 Å². The number of para-hydroxylation sites is 2. The minimum atomic E-state index is -4.13. The molecule has 7 heteroatoms. The molecule has 1 heterocycles. The number of aromatic amines is 1. The van der Waals surface area contributed by atoms with Crippen molar-refractivity contribution in [2.75, 3.05) is 5.75 Å². The Morgan fingerprint density at radius 2 is 2.12 bits per heavy atom. The molecule has 1 N–H and O–H groups in total. The van der Waals surface area contributed by atoms with Gasteiger partial charge in [0.15, 0.2) is 0 Å². The number of hydrogen-bond donors (Lipinski definition) is 1. The molecule has 0 saturated carbocycles. The minimum Gasteiger partial charge on any atom is -0.748 e. The third-order valence-corrected chi connectivity index (χ3v) is 3.03.